The van der Waals surface area contributed by atoms with Gasteiger partial charge in [0.15, 0.2) is 6.61 Å². The maximum absolute atomic E-state index is 12.9. The molecule has 32 heavy (non-hydrogen) atoms. The van der Waals surface area contributed by atoms with E-state index in [1.165, 1.54) is 12.1 Å². The van der Waals surface area contributed by atoms with E-state index in [1.807, 2.05) is 0 Å². The van der Waals surface area contributed by atoms with E-state index < -0.39 is 12.6 Å². The normalized spacial score (nSPS) is 13.9. The Kier molecular flexibility index (Phi) is 6.58. The third-order valence-corrected chi connectivity index (χ3v) is 5.35. The molecule has 0 N–H and O–H groups in total. The fraction of sp³-hybridized carbons (Fsp3) is 0.292. The first-order chi connectivity index (χ1) is 15.5. The average molecular weight is 440 g/mol. The second kappa shape index (κ2) is 9.72. The smallest absolute Gasteiger partial charge is 0.387 e. The van der Waals surface area contributed by atoms with Crippen molar-refractivity contribution >= 4 is 22.8 Å². The first-order valence-electron chi connectivity index (χ1n) is 10.4. The summed E-state index contributed by atoms with van der Waals surface area (Å²) in [7, 11) is 0. The van der Waals surface area contributed by atoms with Crippen LogP contribution < -0.4 is 4.74 Å². The highest BCUT2D eigenvalue weighted by Gasteiger charge is 2.20. The van der Waals surface area contributed by atoms with E-state index in [0.717, 1.165) is 19.3 Å². The van der Waals surface area contributed by atoms with Crippen LogP contribution in [-0.2, 0) is 9.53 Å². The van der Waals surface area contributed by atoms with Crippen molar-refractivity contribution in [3.05, 3.63) is 60.2 Å². The Bertz CT molecular complexity index is 1110. The number of likely N-dealkylation sites (tertiary alicyclic amines) is 1. The predicted octanol–water partition coefficient (Wildman–Crippen LogP) is 4.67. The average Bonchev–Trinajstić information content (AvgIpc) is 2.82. The molecule has 1 fully saturated rings. The molecule has 0 atom stereocenters. The van der Waals surface area contributed by atoms with Gasteiger partial charge in [0.25, 0.3) is 5.91 Å². The third kappa shape index (κ3) is 5.01. The van der Waals surface area contributed by atoms with Crippen LogP contribution in [-0.4, -0.2) is 48.1 Å². The highest BCUT2D eigenvalue weighted by atomic mass is 19.3. The molecule has 0 radical (unpaired) electrons. The van der Waals surface area contributed by atoms with Crippen LogP contribution in [0.5, 0.6) is 5.75 Å². The molecule has 1 aliphatic rings. The summed E-state index contributed by atoms with van der Waals surface area (Å²) in [5, 5.41) is 0.601. The molecule has 0 bridgehead atoms. The van der Waals surface area contributed by atoms with E-state index in [9.17, 15) is 18.4 Å². The molecule has 0 saturated carbocycles. The number of carbonyl (C=O) groups is 2. The highest BCUT2D eigenvalue weighted by molar-refractivity contribution is 6.05. The number of para-hydroxylation sites is 1. The lowest BCUT2D eigenvalue weighted by Gasteiger charge is -2.26. The zero-order valence-corrected chi connectivity index (χ0v) is 17.3. The van der Waals surface area contributed by atoms with Gasteiger partial charge in [-0.05, 0) is 55.7 Å². The quantitative estimate of drug-likeness (QED) is 0.521. The first kappa shape index (κ1) is 21.7. The highest BCUT2D eigenvalue weighted by Crippen LogP contribution is 2.27. The summed E-state index contributed by atoms with van der Waals surface area (Å²) in [6.07, 6.45) is 3.02. The number of rotatable bonds is 6. The Morgan fingerprint density at radius 1 is 1.00 bits per heavy atom. The van der Waals surface area contributed by atoms with Crippen LogP contribution in [0.2, 0.25) is 0 Å². The molecule has 1 aromatic heterocycles. The van der Waals surface area contributed by atoms with E-state index in [1.54, 1.807) is 47.4 Å². The molecule has 6 nitrogen and oxygen atoms in total. The number of benzene rings is 2. The number of amides is 1. The topological polar surface area (TPSA) is 68.7 Å². The van der Waals surface area contributed by atoms with Crippen molar-refractivity contribution < 1.29 is 27.8 Å². The standard InChI is InChI=1S/C24H22F2N2O4/c25-24(26)32-17-10-8-16(9-11-17)21-14-19(18-6-2-3-7-20(18)27-21)23(30)31-15-22(29)28-12-4-1-5-13-28/h2-3,6-11,14,24H,1,4-5,12-13,15H2. The van der Waals surface area contributed by atoms with Gasteiger partial charge in [-0.15, -0.1) is 0 Å². The summed E-state index contributed by atoms with van der Waals surface area (Å²) in [5.74, 6) is -0.792. The Labute approximate surface area is 183 Å². The Balaban J connectivity index is 1.57. The zero-order valence-electron chi connectivity index (χ0n) is 17.3. The fourth-order valence-corrected chi connectivity index (χ4v) is 3.74. The molecule has 0 spiro atoms. The van der Waals surface area contributed by atoms with Gasteiger partial charge in [-0.3, -0.25) is 4.79 Å². The minimum atomic E-state index is -2.91. The summed E-state index contributed by atoms with van der Waals surface area (Å²) < 4.78 is 34.5. The number of aromatic nitrogens is 1. The van der Waals surface area contributed by atoms with E-state index in [-0.39, 0.29) is 23.8 Å². The lowest BCUT2D eigenvalue weighted by molar-refractivity contribution is -0.135. The van der Waals surface area contributed by atoms with Crippen molar-refractivity contribution in [3.8, 4) is 17.0 Å². The van der Waals surface area contributed by atoms with Gasteiger partial charge in [-0.1, -0.05) is 18.2 Å². The fourth-order valence-electron chi connectivity index (χ4n) is 3.74. The van der Waals surface area contributed by atoms with Gasteiger partial charge in [-0.25, -0.2) is 9.78 Å². The van der Waals surface area contributed by atoms with E-state index >= 15 is 0 Å². The molecular weight excluding hydrogens is 418 g/mol. The summed E-state index contributed by atoms with van der Waals surface area (Å²) >= 11 is 0. The number of nitrogens with zero attached hydrogens (tertiary/aromatic N) is 2. The van der Waals surface area contributed by atoms with Crippen LogP contribution in [0.1, 0.15) is 29.6 Å². The molecule has 0 unspecified atom stereocenters. The Morgan fingerprint density at radius 2 is 1.72 bits per heavy atom. The van der Waals surface area contributed by atoms with Gasteiger partial charge < -0.3 is 14.4 Å². The SMILES string of the molecule is O=C(OCC(=O)N1CCCCC1)c1cc(-c2ccc(OC(F)F)cc2)nc2ccccc12. The number of fused-ring (bicyclic) bond motifs is 1. The second-order valence-electron chi connectivity index (χ2n) is 7.49. The lowest BCUT2D eigenvalue weighted by atomic mass is 10.0. The summed E-state index contributed by atoms with van der Waals surface area (Å²) in [6, 6.07) is 14.7. The van der Waals surface area contributed by atoms with Crippen molar-refractivity contribution in [1.29, 1.82) is 0 Å². The number of hydrogen-bond acceptors (Lipinski definition) is 5. The van der Waals surface area contributed by atoms with Gasteiger partial charge in [0.1, 0.15) is 5.75 Å². The molecule has 1 saturated heterocycles. The third-order valence-electron chi connectivity index (χ3n) is 5.35. The second-order valence-corrected chi connectivity index (χ2v) is 7.49. The summed E-state index contributed by atoms with van der Waals surface area (Å²) in [6.45, 7) is -1.85. The van der Waals surface area contributed by atoms with E-state index in [2.05, 4.69) is 9.72 Å². The molecule has 2 aromatic carbocycles. The number of alkyl halides is 2. The largest absolute Gasteiger partial charge is 0.452 e. The number of piperidine rings is 1. The van der Waals surface area contributed by atoms with Crippen LogP contribution in [0.4, 0.5) is 8.78 Å². The molecule has 1 aliphatic heterocycles. The number of hydrogen-bond donors (Lipinski definition) is 0. The molecular formula is C24H22F2N2O4. The zero-order chi connectivity index (χ0) is 22.5. The van der Waals surface area contributed by atoms with Crippen molar-refractivity contribution in [2.75, 3.05) is 19.7 Å². The van der Waals surface area contributed by atoms with Crippen LogP contribution in [0.15, 0.2) is 54.6 Å². The van der Waals surface area contributed by atoms with Crippen molar-refractivity contribution in [2.45, 2.75) is 25.9 Å². The lowest BCUT2D eigenvalue weighted by Crippen LogP contribution is -2.38. The van der Waals surface area contributed by atoms with Gasteiger partial charge >= 0.3 is 12.6 Å². The van der Waals surface area contributed by atoms with Crippen LogP contribution in [0.3, 0.4) is 0 Å². The Morgan fingerprint density at radius 3 is 2.44 bits per heavy atom. The molecule has 3 aromatic rings. The molecule has 166 valence electrons. The Hall–Kier alpha value is -3.55. The van der Waals surface area contributed by atoms with Gasteiger partial charge in [0.2, 0.25) is 0 Å². The maximum Gasteiger partial charge on any atom is 0.387 e. The molecule has 8 heteroatoms. The summed E-state index contributed by atoms with van der Waals surface area (Å²) in [5.41, 5.74) is 1.95. The minimum absolute atomic E-state index is 0.0281. The molecule has 1 amide bonds. The van der Waals surface area contributed by atoms with Crippen LogP contribution in [0.25, 0.3) is 22.2 Å². The van der Waals surface area contributed by atoms with E-state index in [4.69, 9.17) is 4.74 Å². The number of carbonyl (C=O) groups excluding carboxylic acids is 2. The van der Waals surface area contributed by atoms with Crippen LogP contribution >= 0.6 is 0 Å². The minimum Gasteiger partial charge on any atom is -0.452 e. The number of pyridine rings is 1. The maximum atomic E-state index is 12.9. The predicted molar refractivity (Wildman–Crippen MR) is 115 cm³/mol. The van der Waals surface area contributed by atoms with Gasteiger partial charge in [-0.2, -0.15) is 8.78 Å². The van der Waals surface area contributed by atoms with E-state index in [0.29, 0.717) is 35.2 Å². The monoisotopic (exact) mass is 440 g/mol. The van der Waals surface area contributed by atoms with Gasteiger partial charge in [0.05, 0.1) is 16.8 Å². The van der Waals surface area contributed by atoms with Crippen LogP contribution in [0, 0.1) is 0 Å². The van der Waals surface area contributed by atoms with Crippen molar-refractivity contribution in [2.24, 2.45) is 0 Å². The first-order valence-corrected chi connectivity index (χ1v) is 10.4. The number of ether oxygens (including phenoxy) is 2. The molecule has 4 rings (SSSR count). The van der Waals surface area contributed by atoms with Crippen molar-refractivity contribution in [3.63, 3.8) is 0 Å². The number of esters is 1. The summed E-state index contributed by atoms with van der Waals surface area (Å²) in [4.78, 5) is 31.5. The van der Waals surface area contributed by atoms with Crippen molar-refractivity contribution in [1.82, 2.24) is 9.88 Å². The molecule has 0 aliphatic carbocycles. The van der Waals surface area contributed by atoms with Gasteiger partial charge in [0, 0.05) is 24.0 Å². The number of halogens is 2. The molecule has 2 heterocycles.